The second kappa shape index (κ2) is 5.03. The molecule has 6 nitrogen and oxygen atoms in total. The van der Waals surface area contributed by atoms with Crippen LogP contribution in [0.2, 0.25) is 0 Å². The van der Waals surface area contributed by atoms with Crippen LogP contribution in [0.1, 0.15) is 31.2 Å². The largest absolute Gasteiger partial charge is 0.334 e. The molecule has 0 unspecified atom stereocenters. The number of carbonyl (C=O) groups is 1. The summed E-state index contributed by atoms with van der Waals surface area (Å²) in [6.07, 6.45) is 6.05. The van der Waals surface area contributed by atoms with Crippen molar-refractivity contribution in [2.24, 2.45) is 0 Å². The third kappa shape index (κ3) is 2.23. The summed E-state index contributed by atoms with van der Waals surface area (Å²) in [5.74, 6) is 0.0505. The van der Waals surface area contributed by atoms with Gasteiger partial charge in [0.25, 0.3) is 0 Å². The molecule has 118 valence electrons. The van der Waals surface area contributed by atoms with Crippen LogP contribution in [0.5, 0.6) is 0 Å². The molecule has 3 aliphatic rings. The Morgan fingerprint density at radius 2 is 2.05 bits per heavy atom. The predicted octanol–water partition coefficient (Wildman–Crippen LogP) is 0.749. The maximum absolute atomic E-state index is 12.5. The van der Waals surface area contributed by atoms with Crippen LogP contribution >= 0.6 is 0 Å². The van der Waals surface area contributed by atoms with Crippen LogP contribution in [0.25, 0.3) is 0 Å². The van der Waals surface area contributed by atoms with Gasteiger partial charge in [0.15, 0.2) is 0 Å². The molecule has 2 atom stereocenters. The van der Waals surface area contributed by atoms with Crippen molar-refractivity contribution in [2.75, 3.05) is 6.54 Å². The average molecular weight is 321 g/mol. The first kappa shape index (κ1) is 14.1. The fourth-order valence-corrected chi connectivity index (χ4v) is 5.73. The third-order valence-corrected chi connectivity index (χ3v) is 7.33. The normalized spacial score (nSPS) is 29.1. The maximum Gasteiger partial charge on any atom is 0.224 e. The van der Waals surface area contributed by atoms with Crippen molar-refractivity contribution in [3.05, 3.63) is 30.1 Å². The van der Waals surface area contributed by atoms with Gasteiger partial charge in [0.1, 0.15) is 0 Å². The van der Waals surface area contributed by atoms with Crippen LogP contribution in [-0.2, 0) is 21.4 Å². The molecule has 2 aliphatic heterocycles. The molecule has 7 heteroatoms. The van der Waals surface area contributed by atoms with Crippen molar-refractivity contribution in [1.82, 2.24) is 14.2 Å². The van der Waals surface area contributed by atoms with Gasteiger partial charge >= 0.3 is 0 Å². The molecular formula is C15H19N3O3S. The molecule has 3 fully saturated rings. The third-order valence-electron chi connectivity index (χ3n) is 4.91. The van der Waals surface area contributed by atoms with E-state index in [1.165, 1.54) is 0 Å². The molecule has 1 aromatic rings. The first-order valence-electron chi connectivity index (χ1n) is 7.76. The Morgan fingerprint density at radius 3 is 2.73 bits per heavy atom. The van der Waals surface area contributed by atoms with Crippen LogP contribution in [0, 0.1) is 0 Å². The van der Waals surface area contributed by atoms with E-state index in [-0.39, 0.29) is 23.2 Å². The topological polar surface area (TPSA) is 70.6 Å². The number of fused-ring (bicyclic) bond motifs is 1. The van der Waals surface area contributed by atoms with E-state index in [4.69, 9.17) is 0 Å². The highest BCUT2D eigenvalue weighted by molar-refractivity contribution is 7.90. The Balaban J connectivity index is 1.54. The van der Waals surface area contributed by atoms with Gasteiger partial charge in [0.05, 0.1) is 17.3 Å². The van der Waals surface area contributed by atoms with Gasteiger partial charge in [-0.25, -0.2) is 8.42 Å². The van der Waals surface area contributed by atoms with Gasteiger partial charge in [-0.3, -0.25) is 9.78 Å². The van der Waals surface area contributed by atoms with Crippen molar-refractivity contribution in [3.8, 4) is 0 Å². The zero-order valence-electron chi connectivity index (χ0n) is 12.3. The van der Waals surface area contributed by atoms with Gasteiger partial charge in [0.2, 0.25) is 15.9 Å². The van der Waals surface area contributed by atoms with E-state index in [0.717, 1.165) is 24.8 Å². The molecule has 1 amide bonds. The first-order chi connectivity index (χ1) is 10.6. The lowest BCUT2D eigenvalue weighted by molar-refractivity contribution is -0.129. The molecule has 0 bridgehead atoms. The van der Waals surface area contributed by atoms with Crippen molar-refractivity contribution in [1.29, 1.82) is 0 Å². The molecule has 4 rings (SSSR count). The SMILES string of the molecule is O=C1C[C@@H]2[C@H](CCN2S(=O)(=O)C2CC2)N1Cc1cccnc1. The van der Waals surface area contributed by atoms with E-state index in [9.17, 15) is 13.2 Å². The van der Waals surface area contributed by atoms with Crippen LogP contribution in [0.3, 0.4) is 0 Å². The molecule has 1 saturated carbocycles. The summed E-state index contributed by atoms with van der Waals surface area (Å²) in [6.45, 7) is 1.07. The van der Waals surface area contributed by atoms with Crippen molar-refractivity contribution < 1.29 is 13.2 Å². The van der Waals surface area contributed by atoms with Crippen LogP contribution < -0.4 is 0 Å². The first-order valence-corrected chi connectivity index (χ1v) is 9.27. The van der Waals surface area contributed by atoms with E-state index < -0.39 is 10.0 Å². The fourth-order valence-electron chi connectivity index (χ4n) is 3.66. The Labute approximate surface area is 130 Å². The molecule has 3 heterocycles. The van der Waals surface area contributed by atoms with Crippen LogP contribution in [-0.4, -0.2) is 52.4 Å². The number of likely N-dealkylation sites (tertiary alicyclic amines) is 1. The minimum atomic E-state index is -3.20. The quantitative estimate of drug-likeness (QED) is 0.820. The number of hydrogen-bond donors (Lipinski definition) is 0. The summed E-state index contributed by atoms with van der Waals surface area (Å²) in [5, 5.41) is -0.200. The Morgan fingerprint density at radius 1 is 1.23 bits per heavy atom. The minimum absolute atomic E-state index is 0.0150. The van der Waals surface area contributed by atoms with E-state index in [2.05, 4.69) is 4.98 Å². The number of amides is 1. The Bertz CT molecular complexity index is 687. The summed E-state index contributed by atoms with van der Waals surface area (Å²) in [6, 6.07) is 3.64. The zero-order chi connectivity index (χ0) is 15.3. The number of carbonyl (C=O) groups excluding carboxylic acids is 1. The van der Waals surface area contributed by atoms with Gasteiger partial charge in [-0.05, 0) is 30.9 Å². The molecule has 1 aliphatic carbocycles. The second-order valence-electron chi connectivity index (χ2n) is 6.37. The van der Waals surface area contributed by atoms with Crippen molar-refractivity contribution >= 4 is 15.9 Å². The lowest BCUT2D eigenvalue weighted by Crippen LogP contribution is -2.41. The number of hydrogen-bond acceptors (Lipinski definition) is 4. The summed E-state index contributed by atoms with van der Waals surface area (Å²) in [4.78, 5) is 18.3. The van der Waals surface area contributed by atoms with Gasteiger partial charge in [-0.15, -0.1) is 0 Å². The smallest absolute Gasteiger partial charge is 0.224 e. The summed E-state index contributed by atoms with van der Waals surface area (Å²) >= 11 is 0. The number of pyridine rings is 1. The Kier molecular flexibility index (Phi) is 3.23. The highest BCUT2D eigenvalue weighted by Crippen LogP contribution is 2.40. The zero-order valence-corrected chi connectivity index (χ0v) is 13.1. The lowest BCUT2D eigenvalue weighted by atomic mass is 10.1. The average Bonchev–Trinajstić information content (AvgIpc) is 3.22. The summed E-state index contributed by atoms with van der Waals surface area (Å²) in [5.41, 5.74) is 0.986. The van der Waals surface area contributed by atoms with E-state index in [0.29, 0.717) is 19.5 Å². The fraction of sp³-hybridized carbons (Fsp3) is 0.600. The van der Waals surface area contributed by atoms with Crippen LogP contribution in [0.15, 0.2) is 24.5 Å². The van der Waals surface area contributed by atoms with E-state index >= 15 is 0 Å². The van der Waals surface area contributed by atoms with Crippen molar-refractivity contribution in [3.63, 3.8) is 0 Å². The molecule has 0 N–H and O–H groups in total. The molecule has 0 aromatic carbocycles. The highest BCUT2D eigenvalue weighted by atomic mass is 32.2. The molecule has 2 saturated heterocycles. The van der Waals surface area contributed by atoms with Crippen LogP contribution in [0.4, 0.5) is 0 Å². The second-order valence-corrected chi connectivity index (χ2v) is 8.53. The molecule has 22 heavy (non-hydrogen) atoms. The lowest BCUT2D eigenvalue weighted by Gasteiger charge is -2.25. The Hall–Kier alpha value is -1.47. The van der Waals surface area contributed by atoms with E-state index in [1.807, 2.05) is 17.0 Å². The predicted molar refractivity (Wildman–Crippen MR) is 80.2 cm³/mol. The summed E-state index contributed by atoms with van der Waals surface area (Å²) in [7, 11) is -3.20. The highest BCUT2D eigenvalue weighted by Gasteiger charge is 2.53. The number of nitrogens with zero attached hydrogens (tertiary/aromatic N) is 3. The van der Waals surface area contributed by atoms with Gasteiger partial charge in [0, 0.05) is 31.9 Å². The monoisotopic (exact) mass is 321 g/mol. The standard InChI is InChI=1S/C15H19N3O3S/c19-15-8-14-13(17(15)10-11-2-1-6-16-9-11)5-7-18(14)22(20,21)12-3-4-12/h1-2,6,9,12-14H,3-5,7-8,10H2/t13-,14+/m0/s1. The van der Waals surface area contributed by atoms with Gasteiger partial charge in [-0.1, -0.05) is 6.07 Å². The molecular weight excluding hydrogens is 302 g/mol. The number of sulfonamides is 1. The number of rotatable bonds is 4. The summed E-state index contributed by atoms with van der Waals surface area (Å²) < 4.78 is 26.6. The van der Waals surface area contributed by atoms with E-state index in [1.54, 1.807) is 16.7 Å². The molecule has 0 radical (unpaired) electrons. The van der Waals surface area contributed by atoms with Gasteiger partial charge < -0.3 is 4.90 Å². The molecule has 0 spiro atoms. The van der Waals surface area contributed by atoms with Gasteiger partial charge in [-0.2, -0.15) is 4.31 Å². The maximum atomic E-state index is 12.5. The number of aromatic nitrogens is 1. The minimum Gasteiger partial charge on any atom is -0.334 e. The van der Waals surface area contributed by atoms with Crippen molar-refractivity contribution in [2.45, 2.75) is 49.6 Å². The molecule has 1 aromatic heterocycles.